The number of rotatable bonds is 5. The topological polar surface area (TPSA) is 75.3 Å². The number of nitrogens with one attached hydrogen (secondary N) is 2. The van der Waals surface area contributed by atoms with E-state index < -0.39 is 10.0 Å². The molecule has 1 aliphatic heterocycles. The number of carbonyl (C=O) groups is 1. The molecule has 6 heteroatoms. The molecule has 0 spiro atoms. The molecule has 1 aromatic rings. The van der Waals surface area contributed by atoms with Crippen LogP contribution in [0.5, 0.6) is 0 Å². The van der Waals surface area contributed by atoms with Gasteiger partial charge in [0.25, 0.3) is 0 Å². The summed E-state index contributed by atoms with van der Waals surface area (Å²) >= 11 is 0. The molecule has 1 amide bonds. The third-order valence-electron chi connectivity index (χ3n) is 3.34. The Morgan fingerprint density at radius 3 is 2.65 bits per heavy atom. The lowest BCUT2D eigenvalue weighted by Crippen LogP contribution is -2.17. The molecule has 0 radical (unpaired) electrons. The van der Waals surface area contributed by atoms with Crippen LogP contribution in [-0.2, 0) is 14.8 Å². The Bertz CT molecular complexity index is 623. The van der Waals surface area contributed by atoms with Gasteiger partial charge in [-0.2, -0.15) is 0 Å². The molecule has 5 nitrogen and oxygen atoms in total. The Morgan fingerprint density at radius 2 is 2.05 bits per heavy atom. The molecule has 0 bridgehead atoms. The molecule has 1 atom stereocenters. The molecular weight excluding hydrogens is 276 g/mol. The van der Waals surface area contributed by atoms with E-state index in [4.69, 9.17) is 0 Å². The summed E-state index contributed by atoms with van der Waals surface area (Å²) < 4.78 is 26.1. The number of carbonyl (C=O) groups excluding carboxylic acids is 1. The number of hydrogen-bond acceptors (Lipinski definition) is 3. The molecular formula is C14H20N2O3S. The molecule has 0 aromatic heterocycles. The predicted octanol–water partition coefficient (Wildman–Crippen LogP) is 2.53. The molecule has 1 aliphatic rings. The van der Waals surface area contributed by atoms with Crippen LogP contribution < -0.4 is 10.0 Å². The highest BCUT2D eigenvalue weighted by Crippen LogP contribution is 2.38. The Balaban J connectivity index is 2.31. The van der Waals surface area contributed by atoms with Crippen LogP contribution in [0.1, 0.15) is 38.7 Å². The number of anilines is 2. The molecule has 1 heterocycles. The molecule has 2 rings (SSSR count). The summed E-state index contributed by atoms with van der Waals surface area (Å²) in [6.07, 6.45) is 0.564. The zero-order valence-corrected chi connectivity index (χ0v) is 12.8. The van der Waals surface area contributed by atoms with Gasteiger partial charge in [0.15, 0.2) is 0 Å². The lowest BCUT2D eigenvalue weighted by molar-refractivity contribution is -0.117. The van der Waals surface area contributed by atoms with Crippen molar-refractivity contribution >= 4 is 27.3 Å². The quantitative estimate of drug-likeness (QED) is 0.876. The van der Waals surface area contributed by atoms with Gasteiger partial charge in [-0.15, -0.1) is 0 Å². The highest BCUT2D eigenvalue weighted by Gasteiger charge is 2.33. The van der Waals surface area contributed by atoms with E-state index in [0.29, 0.717) is 12.1 Å². The summed E-state index contributed by atoms with van der Waals surface area (Å²) in [5.41, 5.74) is 2.15. The van der Waals surface area contributed by atoms with Gasteiger partial charge in [0, 0.05) is 11.4 Å². The number of sulfonamides is 1. The number of hydrogen-bond donors (Lipinski definition) is 2. The SMILES string of the molecule is CCCS(=O)(=O)Nc1ccc2c(c1)C(C(C)C)C(=O)N2. The van der Waals surface area contributed by atoms with Crippen molar-refractivity contribution in [3.63, 3.8) is 0 Å². The number of amides is 1. The normalized spacial score (nSPS) is 18.0. The third kappa shape index (κ3) is 2.95. The maximum absolute atomic E-state index is 11.9. The predicted molar refractivity (Wildman–Crippen MR) is 80.4 cm³/mol. The van der Waals surface area contributed by atoms with Gasteiger partial charge < -0.3 is 5.32 Å². The Morgan fingerprint density at radius 1 is 1.35 bits per heavy atom. The molecule has 20 heavy (non-hydrogen) atoms. The monoisotopic (exact) mass is 296 g/mol. The van der Waals surface area contributed by atoms with Crippen LogP contribution in [0.15, 0.2) is 18.2 Å². The second-order valence-electron chi connectivity index (χ2n) is 5.43. The Labute approximate surface area is 119 Å². The molecule has 0 fully saturated rings. The Kier molecular flexibility index (Phi) is 4.04. The summed E-state index contributed by atoms with van der Waals surface area (Å²) in [6.45, 7) is 5.78. The second-order valence-corrected chi connectivity index (χ2v) is 7.28. The van der Waals surface area contributed by atoms with Gasteiger partial charge in [-0.1, -0.05) is 20.8 Å². The van der Waals surface area contributed by atoms with Gasteiger partial charge in [0.05, 0.1) is 11.7 Å². The smallest absolute Gasteiger partial charge is 0.232 e. The lowest BCUT2D eigenvalue weighted by atomic mass is 9.89. The first-order valence-corrected chi connectivity index (χ1v) is 8.44. The van der Waals surface area contributed by atoms with Crippen molar-refractivity contribution in [2.45, 2.75) is 33.1 Å². The van der Waals surface area contributed by atoms with Gasteiger partial charge in [-0.25, -0.2) is 8.42 Å². The zero-order chi connectivity index (χ0) is 14.9. The first-order valence-electron chi connectivity index (χ1n) is 6.79. The van der Waals surface area contributed by atoms with Crippen molar-refractivity contribution in [1.82, 2.24) is 0 Å². The highest BCUT2D eigenvalue weighted by atomic mass is 32.2. The molecule has 2 N–H and O–H groups in total. The number of fused-ring (bicyclic) bond motifs is 1. The van der Waals surface area contributed by atoms with Crippen molar-refractivity contribution in [3.05, 3.63) is 23.8 Å². The fraction of sp³-hybridized carbons (Fsp3) is 0.500. The van der Waals surface area contributed by atoms with Crippen molar-refractivity contribution in [2.24, 2.45) is 5.92 Å². The van der Waals surface area contributed by atoms with Gasteiger partial charge in [-0.3, -0.25) is 9.52 Å². The zero-order valence-electron chi connectivity index (χ0n) is 11.9. The standard InChI is InChI=1S/C14H20N2O3S/c1-4-7-20(18,19)16-10-5-6-12-11(8-10)13(9(2)3)14(17)15-12/h5-6,8-9,13,16H,4,7H2,1-3H3,(H,15,17). The fourth-order valence-corrected chi connectivity index (χ4v) is 3.64. The summed E-state index contributed by atoms with van der Waals surface area (Å²) in [5.74, 6) is 0.0115. The summed E-state index contributed by atoms with van der Waals surface area (Å²) in [6, 6.07) is 5.18. The van der Waals surface area contributed by atoms with Gasteiger partial charge in [-0.05, 0) is 36.1 Å². The minimum absolute atomic E-state index is 0.0245. The molecule has 1 aromatic carbocycles. The van der Waals surface area contributed by atoms with Crippen molar-refractivity contribution in [1.29, 1.82) is 0 Å². The van der Waals surface area contributed by atoms with E-state index in [-0.39, 0.29) is 23.5 Å². The number of benzene rings is 1. The minimum atomic E-state index is -3.31. The molecule has 0 saturated carbocycles. The lowest BCUT2D eigenvalue weighted by Gasteiger charge is -2.14. The highest BCUT2D eigenvalue weighted by molar-refractivity contribution is 7.92. The molecule has 1 unspecified atom stereocenters. The van der Waals surface area contributed by atoms with Crippen molar-refractivity contribution in [3.8, 4) is 0 Å². The van der Waals surface area contributed by atoms with E-state index in [1.807, 2.05) is 20.8 Å². The van der Waals surface area contributed by atoms with Crippen LogP contribution in [0.4, 0.5) is 11.4 Å². The average Bonchev–Trinajstić information content (AvgIpc) is 2.63. The molecule has 110 valence electrons. The van der Waals surface area contributed by atoms with Crippen LogP contribution in [0.2, 0.25) is 0 Å². The summed E-state index contributed by atoms with van der Waals surface area (Å²) in [5, 5.41) is 2.83. The van der Waals surface area contributed by atoms with E-state index in [0.717, 1.165) is 11.3 Å². The fourth-order valence-electron chi connectivity index (χ4n) is 2.51. The van der Waals surface area contributed by atoms with E-state index in [1.165, 1.54) is 0 Å². The van der Waals surface area contributed by atoms with E-state index in [9.17, 15) is 13.2 Å². The van der Waals surface area contributed by atoms with Gasteiger partial charge in [0.2, 0.25) is 15.9 Å². The maximum atomic E-state index is 11.9. The maximum Gasteiger partial charge on any atom is 0.232 e. The minimum Gasteiger partial charge on any atom is -0.325 e. The Hall–Kier alpha value is -1.56. The van der Waals surface area contributed by atoms with Crippen LogP contribution in [-0.4, -0.2) is 20.1 Å². The van der Waals surface area contributed by atoms with Crippen LogP contribution in [0, 0.1) is 5.92 Å². The van der Waals surface area contributed by atoms with Crippen LogP contribution in [0.25, 0.3) is 0 Å². The third-order valence-corrected chi connectivity index (χ3v) is 4.83. The van der Waals surface area contributed by atoms with Crippen molar-refractivity contribution < 1.29 is 13.2 Å². The van der Waals surface area contributed by atoms with Crippen LogP contribution >= 0.6 is 0 Å². The molecule has 0 saturated heterocycles. The first-order chi connectivity index (χ1) is 9.34. The second kappa shape index (κ2) is 5.44. The summed E-state index contributed by atoms with van der Waals surface area (Å²) in [4.78, 5) is 11.9. The molecule has 0 aliphatic carbocycles. The van der Waals surface area contributed by atoms with Gasteiger partial charge >= 0.3 is 0 Å². The van der Waals surface area contributed by atoms with Crippen LogP contribution in [0.3, 0.4) is 0 Å². The van der Waals surface area contributed by atoms with Gasteiger partial charge in [0.1, 0.15) is 0 Å². The summed E-state index contributed by atoms with van der Waals surface area (Å²) in [7, 11) is -3.31. The largest absolute Gasteiger partial charge is 0.325 e. The average molecular weight is 296 g/mol. The first kappa shape index (κ1) is 14.8. The van der Waals surface area contributed by atoms with Crippen molar-refractivity contribution in [2.75, 3.05) is 15.8 Å². The van der Waals surface area contributed by atoms with E-state index in [1.54, 1.807) is 18.2 Å². The van der Waals surface area contributed by atoms with E-state index in [2.05, 4.69) is 10.0 Å². The van der Waals surface area contributed by atoms with E-state index >= 15 is 0 Å².